The average molecular weight is 367 g/mol. The number of aryl methyl sites for hydroxylation is 1. The topological polar surface area (TPSA) is 56.6 Å². The second kappa shape index (κ2) is 6.85. The first kappa shape index (κ1) is 17.8. The maximum atomic E-state index is 12.7. The smallest absolute Gasteiger partial charge is 0.341 e. The third kappa shape index (κ3) is 3.04. The highest BCUT2D eigenvalue weighted by Gasteiger charge is 2.28. The molecule has 1 saturated heterocycles. The summed E-state index contributed by atoms with van der Waals surface area (Å²) in [5.41, 5.74) is 2.48. The number of ether oxygens (including phenoxy) is 2. The monoisotopic (exact) mass is 367 g/mol. The van der Waals surface area contributed by atoms with Crippen LogP contribution in [0.25, 0.3) is 21.9 Å². The molecular weight excluding hydrogens is 342 g/mol. The number of hydrogen-bond acceptors (Lipinski definition) is 5. The Morgan fingerprint density at radius 1 is 1.22 bits per heavy atom. The van der Waals surface area contributed by atoms with E-state index in [-0.39, 0.29) is 18.2 Å². The molecule has 6 heteroatoms. The fourth-order valence-corrected chi connectivity index (χ4v) is 4.01. The van der Waals surface area contributed by atoms with Crippen molar-refractivity contribution in [2.75, 3.05) is 24.6 Å². The first-order valence-corrected chi connectivity index (χ1v) is 9.45. The van der Waals surface area contributed by atoms with Gasteiger partial charge in [0.15, 0.2) is 0 Å². The third-order valence-corrected chi connectivity index (χ3v) is 5.07. The molecular formula is C21H25N3O3. The van der Waals surface area contributed by atoms with Gasteiger partial charge in [0.2, 0.25) is 0 Å². The third-order valence-electron chi connectivity index (χ3n) is 5.07. The predicted octanol–water partition coefficient (Wildman–Crippen LogP) is 3.52. The number of aromatic nitrogens is 2. The molecule has 1 aliphatic rings. The van der Waals surface area contributed by atoms with Gasteiger partial charge in [0.05, 0.1) is 24.3 Å². The molecule has 3 heterocycles. The van der Waals surface area contributed by atoms with Gasteiger partial charge in [-0.2, -0.15) is 0 Å². The predicted molar refractivity (Wildman–Crippen MR) is 106 cm³/mol. The van der Waals surface area contributed by atoms with E-state index in [0.717, 1.165) is 21.9 Å². The fourth-order valence-electron chi connectivity index (χ4n) is 4.01. The molecule has 0 saturated carbocycles. The van der Waals surface area contributed by atoms with Crippen LogP contribution in [0.1, 0.15) is 31.1 Å². The van der Waals surface area contributed by atoms with Gasteiger partial charge in [-0.15, -0.1) is 0 Å². The number of para-hydroxylation sites is 1. The molecule has 1 fully saturated rings. The summed E-state index contributed by atoms with van der Waals surface area (Å²) < 4.78 is 13.3. The Balaban J connectivity index is 1.95. The summed E-state index contributed by atoms with van der Waals surface area (Å²) in [5, 5.41) is 2.05. The Hall–Kier alpha value is -2.60. The van der Waals surface area contributed by atoms with Crippen LogP contribution in [0.2, 0.25) is 0 Å². The molecule has 0 amide bonds. The van der Waals surface area contributed by atoms with Crippen LogP contribution in [0.4, 0.5) is 5.82 Å². The van der Waals surface area contributed by atoms with E-state index in [1.54, 1.807) is 0 Å². The summed E-state index contributed by atoms with van der Waals surface area (Å²) in [4.78, 5) is 19.8. The number of esters is 1. The number of rotatable bonds is 3. The van der Waals surface area contributed by atoms with Crippen molar-refractivity contribution in [2.24, 2.45) is 7.05 Å². The summed E-state index contributed by atoms with van der Waals surface area (Å²) in [6, 6.07) is 10.1. The van der Waals surface area contributed by atoms with Crippen molar-refractivity contribution < 1.29 is 14.3 Å². The van der Waals surface area contributed by atoms with Crippen molar-refractivity contribution in [1.29, 1.82) is 0 Å². The van der Waals surface area contributed by atoms with Crippen LogP contribution in [0.15, 0.2) is 30.3 Å². The van der Waals surface area contributed by atoms with E-state index in [1.807, 2.05) is 46.0 Å². The second-order valence-corrected chi connectivity index (χ2v) is 7.19. The van der Waals surface area contributed by atoms with Gasteiger partial charge in [0, 0.05) is 30.9 Å². The lowest BCUT2D eigenvalue weighted by Gasteiger charge is -2.36. The molecule has 0 bridgehead atoms. The van der Waals surface area contributed by atoms with Gasteiger partial charge in [0.25, 0.3) is 0 Å². The number of morpholine rings is 1. The van der Waals surface area contributed by atoms with Gasteiger partial charge in [0.1, 0.15) is 17.0 Å². The minimum absolute atomic E-state index is 0.0776. The summed E-state index contributed by atoms with van der Waals surface area (Å²) in [6.07, 6.45) is 0.155. The minimum Gasteiger partial charge on any atom is -0.462 e. The first-order valence-electron chi connectivity index (χ1n) is 9.45. The number of fused-ring (bicyclic) bond motifs is 3. The molecule has 6 nitrogen and oxygen atoms in total. The van der Waals surface area contributed by atoms with Gasteiger partial charge in [-0.1, -0.05) is 18.2 Å². The molecule has 27 heavy (non-hydrogen) atoms. The SMILES string of the molecule is CCOC(=O)c1cc2c3ccccc3n(C)c2nc1N1CC(C)OC(C)C1. The molecule has 2 atom stereocenters. The molecule has 0 spiro atoms. The van der Waals surface area contributed by atoms with Crippen LogP contribution in [0, 0.1) is 0 Å². The highest BCUT2D eigenvalue weighted by Crippen LogP contribution is 2.32. The van der Waals surface area contributed by atoms with Crippen molar-refractivity contribution in [3.8, 4) is 0 Å². The number of carbonyl (C=O) groups is 1. The number of carbonyl (C=O) groups excluding carboxylic acids is 1. The van der Waals surface area contributed by atoms with E-state index < -0.39 is 0 Å². The van der Waals surface area contributed by atoms with Gasteiger partial charge >= 0.3 is 5.97 Å². The summed E-state index contributed by atoms with van der Waals surface area (Å²) in [7, 11) is 2.01. The van der Waals surface area contributed by atoms with E-state index in [4.69, 9.17) is 14.5 Å². The molecule has 2 aromatic heterocycles. The van der Waals surface area contributed by atoms with E-state index in [9.17, 15) is 4.79 Å². The molecule has 3 aromatic rings. The quantitative estimate of drug-likeness (QED) is 0.663. The van der Waals surface area contributed by atoms with Gasteiger partial charge in [-0.3, -0.25) is 0 Å². The van der Waals surface area contributed by atoms with Crippen molar-refractivity contribution in [3.63, 3.8) is 0 Å². The Morgan fingerprint density at radius 2 is 1.93 bits per heavy atom. The number of nitrogens with zero attached hydrogens (tertiary/aromatic N) is 3. The van der Waals surface area contributed by atoms with E-state index in [2.05, 4.69) is 21.6 Å². The normalized spacial score (nSPS) is 20.4. The second-order valence-electron chi connectivity index (χ2n) is 7.19. The van der Waals surface area contributed by atoms with Crippen LogP contribution in [0.5, 0.6) is 0 Å². The number of hydrogen-bond donors (Lipinski definition) is 0. The van der Waals surface area contributed by atoms with E-state index in [1.165, 1.54) is 0 Å². The lowest BCUT2D eigenvalue weighted by atomic mass is 10.1. The van der Waals surface area contributed by atoms with E-state index in [0.29, 0.717) is 31.1 Å². The van der Waals surface area contributed by atoms with Crippen LogP contribution in [-0.4, -0.2) is 47.4 Å². The Kier molecular flexibility index (Phi) is 4.52. The minimum atomic E-state index is -0.332. The van der Waals surface area contributed by atoms with Crippen molar-refractivity contribution in [3.05, 3.63) is 35.9 Å². The van der Waals surface area contributed by atoms with Gasteiger partial charge in [-0.25, -0.2) is 9.78 Å². The van der Waals surface area contributed by atoms with Crippen LogP contribution in [-0.2, 0) is 16.5 Å². The Bertz CT molecular complexity index is 1000. The zero-order valence-electron chi connectivity index (χ0n) is 16.2. The average Bonchev–Trinajstić information content (AvgIpc) is 2.92. The van der Waals surface area contributed by atoms with Crippen molar-refractivity contribution >= 4 is 33.7 Å². The zero-order chi connectivity index (χ0) is 19.1. The molecule has 0 radical (unpaired) electrons. The molecule has 0 aliphatic carbocycles. The Morgan fingerprint density at radius 3 is 2.63 bits per heavy atom. The maximum absolute atomic E-state index is 12.7. The molecule has 1 aliphatic heterocycles. The highest BCUT2D eigenvalue weighted by atomic mass is 16.5. The van der Waals surface area contributed by atoms with Crippen molar-refractivity contribution in [1.82, 2.24) is 9.55 Å². The van der Waals surface area contributed by atoms with Crippen molar-refractivity contribution in [2.45, 2.75) is 33.0 Å². The molecule has 2 unspecified atom stereocenters. The Labute approximate surface area is 158 Å². The summed E-state index contributed by atoms with van der Waals surface area (Å²) in [6.45, 7) is 7.63. The molecule has 142 valence electrons. The highest BCUT2D eigenvalue weighted by molar-refractivity contribution is 6.10. The standard InChI is InChI=1S/C21H25N3O3/c1-5-26-21(25)17-10-16-15-8-6-7-9-18(15)23(4)19(16)22-20(17)24-11-13(2)27-14(3)12-24/h6-10,13-14H,5,11-12H2,1-4H3. The molecule has 1 aromatic carbocycles. The van der Waals surface area contributed by atoms with Crippen LogP contribution < -0.4 is 4.90 Å². The number of benzene rings is 1. The van der Waals surface area contributed by atoms with E-state index >= 15 is 0 Å². The maximum Gasteiger partial charge on any atom is 0.341 e. The number of anilines is 1. The molecule has 4 rings (SSSR count). The van der Waals surface area contributed by atoms with Gasteiger partial charge < -0.3 is 18.9 Å². The zero-order valence-corrected chi connectivity index (χ0v) is 16.2. The number of pyridine rings is 1. The summed E-state index contributed by atoms with van der Waals surface area (Å²) in [5.74, 6) is 0.343. The van der Waals surface area contributed by atoms with Crippen LogP contribution >= 0.6 is 0 Å². The lowest BCUT2D eigenvalue weighted by Crippen LogP contribution is -2.46. The largest absolute Gasteiger partial charge is 0.462 e. The summed E-state index contributed by atoms with van der Waals surface area (Å²) >= 11 is 0. The molecule has 0 N–H and O–H groups in total. The van der Waals surface area contributed by atoms with Crippen LogP contribution in [0.3, 0.4) is 0 Å². The first-order chi connectivity index (χ1) is 13.0. The lowest BCUT2D eigenvalue weighted by molar-refractivity contribution is -0.00558. The van der Waals surface area contributed by atoms with Gasteiger partial charge in [-0.05, 0) is 32.9 Å². The fraction of sp³-hybridized carbons (Fsp3) is 0.429.